The van der Waals surface area contributed by atoms with E-state index in [4.69, 9.17) is 0 Å². The van der Waals surface area contributed by atoms with Crippen LogP contribution in [0.1, 0.15) is 25.5 Å². The van der Waals surface area contributed by atoms with Gasteiger partial charge in [0.15, 0.2) is 5.82 Å². The predicted molar refractivity (Wildman–Crippen MR) is 113 cm³/mol. The molecule has 2 heterocycles. The molecule has 2 aromatic heterocycles. The molecule has 28 heavy (non-hydrogen) atoms. The summed E-state index contributed by atoms with van der Waals surface area (Å²) in [5.41, 5.74) is 1.77. The first-order valence-corrected chi connectivity index (χ1v) is 10.7. The van der Waals surface area contributed by atoms with Gasteiger partial charge in [-0.15, -0.1) is 0 Å². The zero-order valence-corrected chi connectivity index (χ0v) is 16.8. The second-order valence-electron chi connectivity index (χ2n) is 6.70. The van der Waals surface area contributed by atoms with E-state index in [-0.39, 0.29) is 18.1 Å². The van der Waals surface area contributed by atoms with Crippen molar-refractivity contribution >= 4 is 39.4 Å². The first kappa shape index (κ1) is 19.8. The van der Waals surface area contributed by atoms with E-state index in [1.807, 2.05) is 44.2 Å². The molecule has 4 N–H and O–H groups in total. The summed E-state index contributed by atoms with van der Waals surface area (Å²) in [6, 6.07) is 11.0. The molecule has 8 nitrogen and oxygen atoms in total. The average molecular weight is 401 g/mol. The Morgan fingerprint density at radius 1 is 1.25 bits per heavy atom. The molecule has 2 amide bonds. The molecule has 148 valence electrons. The molecule has 0 radical (unpaired) electrons. The third-order valence-corrected chi connectivity index (χ3v) is 5.17. The standard InChI is InChI=1S/C19H24N6O2S/c1-12(11-28(3)27)21-18-15-10-20-17(9-16(15)24-25-18)23-19(26)22-13(2)14-7-5-4-6-8-14/h4-10,12-13H,11H2,1-3H3,(H2,21,24,25)(H2,20,22,23,26)/t12?,13-,28?/m1/s1. The number of pyridine rings is 1. The molecule has 3 rings (SSSR count). The van der Waals surface area contributed by atoms with E-state index in [1.165, 1.54) is 0 Å². The van der Waals surface area contributed by atoms with Crippen molar-refractivity contribution in [3.63, 3.8) is 0 Å². The lowest BCUT2D eigenvalue weighted by atomic mass is 10.1. The maximum absolute atomic E-state index is 12.3. The van der Waals surface area contributed by atoms with Gasteiger partial charge >= 0.3 is 6.03 Å². The minimum Gasteiger partial charge on any atom is -0.365 e. The molecule has 0 fully saturated rings. The van der Waals surface area contributed by atoms with Gasteiger partial charge in [0.2, 0.25) is 0 Å². The highest BCUT2D eigenvalue weighted by molar-refractivity contribution is 7.84. The number of aromatic amines is 1. The highest BCUT2D eigenvalue weighted by atomic mass is 32.2. The number of hydrogen-bond donors (Lipinski definition) is 4. The summed E-state index contributed by atoms with van der Waals surface area (Å²) in [5.74, 6) is 1.60. The van der Waals surface area contributed by atoms with Crippen molar-refractivity contribution in [1.29, 1.82) is 0 Å². The fraction of sp³-hybridized carbons (Fsp3) is 0.316. The average Bonchev–Trinajstić information content (AvgIpc) is 3.03. The number of amides is 2. The molecule has 3 aromatic rings. The largest absolute Gasteiger partial charge is 0.365 e. The SMILES string of the molecule is CC(CS(C)=O)Nc1n[nH]c2cc(NC(=O)N[C@H](C)c3ccccc3)ncc12. The van der Waals surface area contributed by atoms with E-state index in [1.54, 1.807) is 18.5 Å². The Morgan fingerprint density at radius 2 is 2.00 bits per heavy atom. The van der Waals surface area contributed by atoms with E-state index < -0.39 is 10.8 Å². The predicted octanol–water partition coefficient (Wildman–Crippen LogP) is 3.02. The normalized spacial score (nSPS) is 14.2. The summed E-state index contributed by atoms with van der Waals surface area (Å²) < 4.78 is 11.3. The molecule has 1 aromatic carbocycles. The van der Waals surface area contributed by atoms with E-state index >= 15 is 0 Å². The quantitative estimate of drug-likeness (QED) is 0.487. The monoisotopic (exact) mass is 400 g/mol. The number of rotatable bonds is 7. The number of benzene rings is 1. The van der Waals surface area contributed by atoms with Crippen LogP contribution in [0.5, 0.6) is 0 Å². The van der Waals surface area contributed by atoms with Crippen molar-refractivity contribution in [3.8, 4) is 0 Å². The van der Waals surface area contributed by atoms with Crippen LogP contribution in [0.25, 0.3) is 10.9 Å². The minimum atomic E-state index is -0.891. The molecule has 0 spiro atoms. The highest BCUT2D eigenvalue weighted by Gasteiger charge is 2.13. The summed E-state index contributed by atoms with van der Waals surface area (Å²) in [4.78, 5) is 16.6. The number of H-pyrrole nitrogens is 1. The van der Waals surface area contributed by atoms with Gasteiger partial charge in [0.05, 0.1) is 16.9 Å². The molecule has 2 unspecified atom stereocenters. The van der Waals surface area contributed by atoms with E-state index in [0.29, 0.717) is 17.4 Å². The van der Waals surface area contributed by atoms with Crippen LogP contribution in [0.3, 0.4) is 0 Å². The van der Waals surface area contributed by atoms with E-state index in [2.05, 4.69) is 31.1 Å². The first-order valence-electron chi connectivity index (χ1n) is 8.95. The van der Waals surface area contributed by atoms with Crippen molar-refractivity contribution in [2.45, 2.75) is 25.9 Å². The first-order chi connectivity index (χ1) is 13.4. The Kier molecular flexibility index (Phi) is 6.25. The third-order valence-electron chi connectivity index (χ3n) is 4.20. The van der Waals surface area contributed by atoms with Gasteiger partial charge < -0.3 is 10.6 Å². The summed E-state index contributed by atoms with van der Waals surface area (Å²) >= 11 is 0. The molecule has 0 bridgehead atoms. The van der Waals surface area contributed by atoms with Gasteiger partial charge in [-0.05, 0) is 19.4 Å². The lowest BCUT2D eigenvalue weighted by molar-refractivity contribution is 0.249. The minimum absolute atomic E-state index is 0.0142. The van der Waals surface area contributed by atoms with Gasteiger partial charge in [-0.2, -0.15) is 5.10 Å². The van der Waals surface area contributed by atoms with Crippen molar-refractivity contribution in [2.24, 2.45) is 0 Å². The van der Waals surface area contributed by atoms with E-state index in [0.717, 1.165) is 16.5 Å². The van der Waals surface area contributed by atoms with Crippen LogP contribution in [0.2, 0.25) is 0 Å². The van der Waals surface area contributed by atoms with Crippen LogP contribution in [0.4, 0.5) is 16.4 Å². The molecule has 9 heteroatoms. The number of aromatic nitrogens is 3. The number of fused-ring (bicyclic) bond motifs is 1. The zero-order valence-electron chi connectivity index (χ0n) is 16.0. The Bertz CT molecular complexity index is 975. The topological polar surface area (TPSA) is 112 Å². The Hall–Kier alpha value is -2.94. The summed E-state index contributed by atoms with van der Waals surface area (Å²) in [6.45, 7) is 3.87. The molecule has 0 aliphatic carbocycles. The second-order valence-corrected chi connectivity index (χ2v) is 8.18. The molecular weight excluding hydrogens is 376 g/mol. The third kappa shape index (κ3) is 5.07. The van der Waals surface area contributed by atoms with Gasteiger partial charge in [-0.1, -0.05) is 30.3 Å². The lowest BCUT2D eigenvalue weighted by Gasteiger charge is -2.14. The number of nitrogens with one attached hydrogen (secondary N) is 4. The number of anilines is 2. The van der Waals surface area contributed by atoms with Crippen LogP contribution >= 0.6 is 0 Å². The fourth-order valence-electron chi connectivity index (χ4n) is 2.89. The van der Waals surface area contributed by atoms with E-state index in [9.17, 15) is 9.00 Å². The maximum Gasteiger partial charge on any atom is 0.320 e. The van der Waals surface area contributed by atoms with Crippen LogP contribution in [0.15, 0.2) is 42.6 Å². The summed E-state index contributed by atoms with van der Waals surface area (Å²) in [6.07, 6.45) is 3.32. The Balaban J connectivity index is 1.64. The van der Waals surface area contributed by atoms with Gasteiger partial charge in [0.1, 0.15) is 5.82 Å². The van der Waals surface area contributed by atoms with Crippen molar-refractivity contribution in [1.82, 2.24) is 20.5 Å². The van der Waals surface area contributed by atoms with Gasteiger partial charge in [-0.3, -0.25) is 14.6 Å². The van der Waals surface area contributed by atoms with Crippen molar-refractivity contribution < 1.29 is 9.00 Å². The number of nitrogens with zero attached hydrogens (tertiary/aromatic N) is 2. The van der Waals surface area contributed by atoms with Crippen LogP contribution in [-0.4, -0.2) is 43.5 Å². The van der Waals surface area contributed by atoms with Crippen molar-refractivity contribution in [2.75, 3.05) is 22.6 Å². The van der Waals surface area contributed by atoms with Crippen molar-refractivity contribution in [3.05, 3.63) is 48.2 Å². The Morgan fingerprint density at radius 3 is 2.71 bits per heavy atom. The molecule has 0 saturated carbocycles. The van der Waals surface area contributed by atoms with Crippen LogP contribution < -0.4 is 16.0 Å². The molecule has 3 atom stereocenters. The summed E-state index contributed by atoms with van der Waals surface area (Å²) in [7, 11) is -0.891. The van der Waals surface area contributed by atoms with Gasteiger partial charge in [0, 0.05) is 41.1 Å². The molecule has 0 aliphatic heterocycles. The number of carbonyl (C=O) groups excluding carboxylic acids is 1. The second kappa shape index (κ2) is 8.83. The highest BCUT2D eigenvalue weighted by Crippen LogP contribution is 2.22. The smallest absolute Gasteiger partial charge is 0.320 e. The fourth-order valence-corrected chi connectivity index (χ4v) is 3.68. The molecule has 0 saturated heterocycles. The Labute approximate surface area is 166 Å². The van der Waals surface area contributed by atoms with Gasteiger partial charge in [0.25, 0.3) is 0 Å². The number of hydrogen-bond acceptors (Lipinski definition) is 5. The number of urea groups is 1. The number of carbonyl (C=O) groups is 1. The lowest BCUT2D eigenvalue weighted by Crippen LogP contribution is -2.31. The van der Waals surface area contributed by atoms with Crippen LogP contribution in [-0.2, 0) is 10.8 Å². The molecule has 0 aliphatic rings. The summed E-state index contributed by atoms with van der Waals surface area (Å²) in [5, 5.41) is 16.8. The zero-order chi connectivity index (χ0) is 20.1. The van der Waals surface area contributed by atoms with Crippen LogP contribution in [0, 0.1) is 0 Å². The maximum atomic E-state index is 12.3. The molecular formula is C19H24N6O2S. The van der Waals surface area contributed by atoms with Gasteiger partial charge in [-0.25, -0.2) is 9.78 Å².